The average molecular weight is 326 g/mol. The van der Waals surface area contributed by atoms with Gasteiger partial charge in [0.1, 0.15) is 0 Å². The molecule has 0 aliphatic heterocycles. The number of carbonyl (C=O) groups excluding carboxylic acids is 1. The minimum atomic E-state index is 0.0419. The normalized spacial score (nSPS) is 12.6. The molecule has 96 valence electrons. The first-order valence-electron chi connectivity index (χ1n) is 6.09. The van der Waals surface area contributed by atoms with Crippen LogP contribution in [0.15, 0.2) is 29.6 Å². The number of benzene rings is 1. The number of carbonyl (C=O) groups is 1. The molecule has 0 fully saturated rings. The Morgan fingerprint density at radius 1 is 1.44 bits per heavy atom. The summed E-state index contributed by atoms with van der Waals surface area (Å²) in [6, 6.07) is 8.27. The van der Waals surface area contributed by atoms with Gasteiger partial charge in [-0.2, -0.15) is 0 Å². The lowest BCUT2D eigenvalue weighted by atomic mass is 10.1. The van der Waals surface area contributed by atoms with Gasteiger partial charge in [0.25, 0.3) is 5.91 Å². The van der Waals surface area contributed by atoms with Crippen LogP contribution in [0.5, 0.6) is 0 Å². The van der Waals surface area contributed by atoms with Gasteiger partial charge in [0.15, 0.2) is 0 Å². The van der Waals surface area contributed by atoms with Crippen molar-refractivity contribution in [3.8, 4) is 0 Å². The molecule has 1 atom stereocenters. The van der Waals surface area contributed by atoms with Crippen molar-refractivity contribution in [2.45, 2.75) is 25.8 Å². The van der Waals surface area contributed by atoms with E-state index in [1.807, 2.05) is 29.6 Å². The minimum absolute atomic E-state index is 0.0419. The van der Waals surface area contributed by atoms with E-state index in [0.717, 1.165) is 33.8 Å². The maximum Gasteiger partial charge on any atom is 0.252 e. The highest BCUT2D eigenvalue weighted by atomic mass is 79.9. The molecule has 0 saturated carbocycles. The highest BCUT2D eigenvalue weighted by Gasteiger charge is 2.15. The van der Waals surface area contributed by atoms with E-state index in [9.17, 15) is 4.79 Å². The summed E-state index contributed by atoms with van der Waals surface area (Å²) >= 11 is 5.04. The highest BCUT2D eigenvalue weighted by molar-refractivity contribution is 9.09. The first-order chi connectivity index (χ1) is 8.76. The minimum Gasteiger partial charge on any atom is -0.349 e. The number of halogens is 1. The van der Waals surface area contributed by atoms with Crippen molar-refractivity contribution in [2.24, 2.45) is 0 Å². The summed E-state index contributed by atoms with van der Waals surface area (Å²) in [4.78, 5) is 12.2. The number of hydrogen-bond acceptors (Lipinski definition) is 2. The molecule has 1 aromatic carbocycles. The summed E-state index contributed by atoms with van der Waals surface area (Å²) in [7, 11) is 0. The number of amides is 1. The monoisotopic (exact) mass is 325 g/mol. The largest absolute Gasteiger partial charge is 0.349 e. The van der Waals surface area contributed by atoms with Gasteiger partial charge in [0, 0.05) is 26.8 Å². The van der Waals surface area contributed by atoms with Crippen LogP contribution in [-0.2, 0) is 0 Å². The second-order valence-corrected chi connectivity index (χ2v) is 5.91. The molecule has 0 saturated heterocycles. The number of hydrogen-bond donors (Lipinski definition) is 1. The van der Waals surface area contributed by atoms with Crippen LogP contribution in [0.1, 0.15) is 30.1 Å². The Kier molecular flexibility index (Phi) is 4.78. The van der Waals surface area contributed by atoms with Crippen LogP contribution in [0.2, 0.25) is 0 Å². The molecule has 0 aliphatic rings. The van der Waals surface area contributed by atoms with Crippen LogP contribution in [0, 0.1) is 0 Å². The van der Waals surface area contributed by atoms with Crippen LogP contribution in [0.3, 0.4) is 0 Å². The highest BCUT2D eigenvalue weighted by Crippen LogP contribution is 2.25. The molecule has 1 amide bonds. The third-order valence-corrected chi connectivity index (χ3v) is 4.43. The molecule has 1 heterocycles. The lowest BCUT2D eigenvalue weighted by molar-refractivity contribution is 0.0937. The second kappa shape index (κ2) is 6.34. The first kappa shape index (κ1) is 13.6. The number of fused-ring (bicyclic) bond motifs is 1. The average Bonchev–Trinajstić information content (AvgIpc) is 2.82. The van der Waals surface area contributed by atoms with Gasteiger partial charge < -0.3 is 5.32 Å². The molecular formula is C14H16BrNOS. The molecule has 0 aliphatic carbocycles. The lowest BCUT2D eigenvalue weighted by Crippen LogP contribution is -2.34. The number of thiophene rings is 1. The van der Waals surface area contributed by atoms with E-state index in [1.54, 1.807) is 11.3 Å². The molecule has 0 radical (unpaired) electrons. The number of rotatable bonds is 5. The van der Waals surface area contributed by atoms with E-state index in [-0.39, 0.29) is 11.9 Å². The standard InChI is InChI=1S/C14H16BrNOS/c1-2-10(7-8-15)16-14(17)12-9-18-13-6-4-3-5-11(12)13/h3-6,9-10H,2,7-8H2,1H3,(H,16,17). The predicted molar refractivity (Wildman–Crippen MR) is 81.8 cm³/mol. The van der Waals surface area contributed by atoms with Gasteiger partial charge in [-0.1, -0.05) is 41.1 Å². The maximum absolute atomic E-state index is 12.2. The zero-order chi connectivity index (χ0) is 13.0. The third kappa shape index (κ3) is 2.93. The molecule has 1 aromatic heterocycles. The molecular weight excluding hydrogens is 310 g/mol. The smallest absolute Gasteiger partial charge is 0.252 e. The molecule has 2 nitrogen and oxygen atoms in total. The van der Waals surface area contributed by atoms with Gasteiger partial charge in [-0.25, -0.2) is 0 Å². The Morgan fingerprint density at radius 2 is 2.22 bits per heavy atom. The molecule has 1 N–H and O–H groups in total. The molecule has 0 spiro atoms. The van der Waals surface area contributed by atoms with Crippen molar-refractivity contribution < 1.29 is 4.79 Å². The van der Waals surface area contributed by atoms with E-state index in [1.165, 1.54) is 0 Å². The lowest BCUT2D eigenvalue weighted by Gasteiger charge is -2.15. The molecule has 2 aromatic rings. The van der Waals surface area contributed by atoms with Crippen LogP contribution in [-0.4, -0.2) is 17.3 Å². The van der Waals surface area contributed by atoms with Crippen LogP contribution in [0.4, 0.5) is 0 Å². The Balaban J connectivity index is 2.18. The SMILES string of the molecule is CCC(CCBr)NC(=O)c1csc2ccccc12. The fraction of sp³-hybridized carbons (Fsp3) is 0.357. The van der Waals surface area contributed by atoms with Gasteiger partial charge in [0.2, 0.25) is 0 Å². The van der Waals surface area contributed by atoms with Gasteiger partial charge in [0.05, 0.1) is 5.56 Å². The van der Waals surface area contributed by atoms with E-state index in [2.05, 4.69) is 28.2 Å². The fourth-order valence-corrected chi connectivity index (χ4v) is 3.42. The summed E-state index contributed by atoms with van der Waals surface area (Å²) in [5.41, 5.74) is 0.795. The van der Waals surface area contributed by atoms with Crippen molar-refractivity contribution >= 4 is 43.3 Å². The van der Waals surface area contributed by atoms with Crippen molar-refractivity contribution in [2.75, 3.05) is 5.33 Å². The second-order valence-electron chi connectivity index (χ2n) is 4.20. The van der Waals surface area contributed by atoms with Crippen LogP contribution in [0.25, 0.3) is 10.1 Å². The summed E-state index contributed by atoms with van der Waals surface area (Å²) < 4.78 is 1.16. The van der Waals surface area contributed by atoms with Crippen LogP contribution < -0.4 is 5.32 Å². The zero-order valence-corrected chi connectivity index (χ0v) is 12.7. The van der Waals surface area contributed by atoms with E-state index in [4.69, 9.17) is 0 Å². The summed E-state index contributed by atoms with van der Waals surface area (Å²) in [6.07, 6.45) is 1.92. The predicted octanol–water partition coefficient (Wildman–Crippen LogP) is 4.19. The van der Waals surface area contributed by atoms with Gasteiger partial charge in [-0.15, -0.1) is 11.3 Å². The zero-order valence-electron chi connectivity index (χ0n) is 10.3. The molecule has 4 heteroatoms. The van der Waals surface area contributed by atoms with E-state index >= 15 is 0 Å². The number of alkyl halides is 1. The van der Waals surface area contributed by atoms with Gasteiger partial charge in [-0.05, 0) is 18.9 Å². The van der Waals surface area contributed by atoms with E-state index < -0.39 is 0 Å². The van der Waals surface area contributed by atoms with Gasteiger partial charge in [-0.3, -0.25) is 4.79 Å². The Hall–Kier alpha value is -0.870. The number of nitrogens with one attached hydrogen (secondary N) is 1. The topological polar surface area (TPSA) is 29.1 Å². The van der Waals surface area contributed by atoms with E-state index in [0.29, 0.717) is 0 Å². The molecule has 0 bridgehead atoms. The molecule has 18 heavy (non-hydrogen) atoms. The molecule has 2 rings (SSSR count). The Bertz CT molecular complexity index is 537. The summed E-state index contributed by atoms with van der Waals surface area (Å²) in [6.45, 7) is 2.10. The first-order valence-corrected chi connectivity index (χ1v) is 8.09. The van der Waals surface area contributed by atoms with Crippen LogP contribution >= 0.6 is 27.3 Å². The summed E-state index contributed by atoms with van der Waals surface area (Å²) in [5.74, 6) is 0.0419. The molecule has 1 unspecified atom stereocenters. The van der Waals surface area contributed by atoms with Crippen molar-refractivity contribution in [1.29, 1.82) is 0 Å². The Labute approximate surface area is 120 Å². The van der Waals surface area contributed by atoms with Gasteiger partial charge >= 0.3 is 0 Å². The Morgan fingerprint density at radius 3 is 2.94 bits per heavy atom. The van der Waals surface area contributed by atoms with Crippen molar-refractivity contribution in [1.82, 2.24) is 5.32 Å². The third-order valence-electron chi connectivity index (χ3n) is 3.01. The maximum atomic E-state index is 12.2. The van der Waals surface area contributed by atoms with Crippen molar-refractivity contribution in [3.05, 3.63) is 35.2 Å². The quantitative estimate of drug-likeness (QED) is 0.820. The summed E-state index contributed by atoms with van der Waals surface area (Å²) in [5, 5.41) is 7.01. The van der Waals surface area contributed by atoms with Crippen molar-refractivity contribution in [3.63, 3.8) is 0 Å². The fourth-order valence-electron chi connectivity index (χ4n) is 1.93.